The summed E-state index contributed by atoms with van der Waals surface area (Å²) in [6, 6.07) is 0.597. The lowest BCUT2D eigenvalue weighted by Gasteiger charge is -2.39. The predicted molar refractivity (Wildman–Crippen MR) is 78.5 cm³/mol. The van der Waals surface area contributed by atoms with Crippen LogP contribution in [0, 0.1) is 16.7 Å². The molecule has 2 bridgehead atoms. The van der Waals surface area contributed by atoms with Gasteiger partial charge < -0.3 is 5.32 Å². The SMILES string of the molecule is CC1(C)C2CCC1(C)C(NCCCNS(C)(=O)=O)C2. The van der Waals surface area contributed by atoms with Crippen LogP contribution in [0.1, 0.15) is 46.5 Å². The summed E-state index contributed by atoms with van der Waals surface area (Å²) in [5, 5.41) is 3.66. The molecule has 0 amide bonds. The molecule has 0 spiro atoms. The number of fused-ring (bicyclic) bond motifs is 2. The first-order chi connectivity index (χ1) is 8.67. The molecule has 0 aromatic carbocycles. The molecule has 2 saturated carbocycles. The van der Waals surface area contributed by atoms with E-state index in [0.717, 1.165) is 18.9 Å². The highest BCUT2D eigenvalue weighted by molar-refractivity contribution is 7.88. The average Bonchev–Trinajstić information content (AvgIpc) is 2.59. The molecule has 2 N–H and O–H groups in total. The molecular formula is C14H28N2O2S. The van der Waals surface area contributed by atoms with Crippen molar-refractivity contribution in [3.8, 4) is 0 Å². The fourth-order valence-corrected chi connectivity index (χ4v) is 4.65. The van der Waals surface area contributed by atoms with Crippen molar-refractivity contribution < 1.29 is 8.42 Å². The molecule has 3 unspecified atom stereocenters. The van der Waals surface area contributed by atoms with Crippen LogP contribution < -0.4 is 10.0 Å². The van der Waals surface area contributed by atoms with Gasteiger partial charge in [0.25, 0.3) is 0 Å². The van der Waals surface area contributed by atoms with Gasteiger partial charge >= 0.3 is 0 Å². The fraction of sp³-hybridized carbons (Fsp3) is 1.00. The third kappa shape index (κ3) is 2.83. The first-order valence-electron chi connectivity index (χ1n) is 7.35. The van der Waals surface area contributed by atoms with Crippen molar-refractivity contribution in [2.75, 3.05) is 19.3 Å². The van der Waals surface area contributed by atoms with Gasteiger partial charge in [0.15, 0.2) is 0 Å². The second-order valence-corrected chi connectivity index (χ2v) is 8.97. The van der Waals surface area contributed by atoms with Crippen molar-refractivity contribution in [2.24, 2.45) is 16.7 Å². The van der Waals surface area contributed by atoms with E-state index in [1.807, 2.05) is 0 Å². The second kappa shape index (κ2) is 5.01. The summed E-state index contributed by atoms with van der Waals surface area (Å²) in [5.74, 6) is 0.851. The number of sulfonamides is 1. The van der Waals surface area contributed by atoms with Crippen LogP contribution in [0.2, 0.25) is 0 Å². The predicted octanol–water partition coefficient (Wildman–Crippen LogP) is 1.73. The normalized spacial score (nSPS) is 36.8. The average molecular weight is 288 g/mol. The van der Waals surface area contributed by atoms with Crippen molar-refractivity contribution in [2.45, 2.75) is 52.5 Å². The van der Waals surface area contributed by atoms with Gasteiger partial charge in [0.2, 0.25) is 10.0 Å². The Morgan fingerprint density at radius 3 is 2.37 bits per heavy atom. The summed E-state index contributed by atoms with van der Waals surface area (Å²) in [6.07, 6.45) is 6.04. The maximum atomic E-state index is 11.0. The van der Waals surface area contributed by atoms with Crippen molar-refractivity contribution >= 4 is 10.0 Å². The van der Waals surface area contributed by atoms with E-state index >= 15 is 0 Å². The fourth-order valence-electron chi connectivity index (χ4n) is 4.13. The number of hydrogen-bond acceptors (Lipinski definition) is 3. The molecule has 2 fully saturated rings. The van der Waals surface area contributed by atoms with E-state index in [2.05, 4.69) is 30.8 Å². The molecule has 5 heteroatoms. The van der Waals surface area contributed by atoms with Crippen LogP contribution in [0.4, 0.5) is 0 Å². The van der Waals surface area contributed by atoms with Gasteiger partial charge in [-0.25, -0.2) is 13.1 Å². The maximum Gasteiger partial charge on any atom is 0.208 e. The quantitative estimate of drug-likeness (QED) is 0.732. The first-order valence-corrected chi connectivity index (χ1v) is 9.24. The van der Waals surface area contributed by atoms with E-state index in [-0.39, 0.29) is 0 Å². The molecule has 3 atom stereocenters. The Kier molecular flexibility index (Phi) is 4.02. The van der Waals surface area contributed by atoms with Crippen molar-refractivity contribution in [3.05, 3.63) is 0 Å². The Morgan fingerprint density at radius 2 is 1.89 bits per heavy atom. The summed E-state index contributed by atoms with van der Waals surface area (Å²) in [6.45, 7) is 8.68. The molecule has 2 aliphatic rings. The summed E-state index contributed by atoms with van der Waals surface area (Å²) >= 11 is 0. The lowest BCUT2D eigenvalue weighted by molar-refractivity contribution is 0.121. The van der Waals surface area contributed by atoms with Crippen molar-refractivity contribution in [3.63, 3.8) is 0 Å². The van der Waals surface area contributed by atoms with Crippen LogP contribution in [0.25, 0.3) is 0 Å². The minimum atomic E-state index is -3.04. The lowest BCUT2D eigenvalue weighted by atomic mass is 9.69. The summed E-state index contributed by atoms with van der Waals surface area (Å²) in [5.41, 5.74) is 0.845. The van der Waals surface area contributed by atoms with Gasteiger partial charge in [-0.15, -0.1) is 0 Å². The molecule has 0 heterocycles. The van der Waals surface area contributed by atoms with Gasteiger partial charge in [0.1, 0.15) is 0 Å². The van der Waals surface area contributed by atoms with Gasteiger partial charge in [-0.3, -0.25) is 0 Å². The topological polar surface area (TPSA) is 58.2 Å². The van der Waals surface area contributed by atoms with Crippen LogP contribution in [0.15, 0.2) is 0 Å². The number of hydrogen-bond donors (Lipinski definition) is 2. The molecule has 4 nitrogen and oxygen atoms in total. The minimum Gasteiger partial charge on any atom is -0.313 e. The molecule has 0 saturated heterocycles. The van der Waals surface area contributed by atoms with E-state index in [4.69, 9.17) is 0 Å². The maximum absolute atomic E-state index is 11.0. The zero-order valence-corrected chi connectivity index (χ0v) is 13.4. The molecule has 112 valence electrons. The van der Waals surface area contributed by atoms with E-state index in [0.29, 0.717) is 23.4 Å². The molecule has 0 aromatic heterocycles. The minimum absolute atomic E-state index is 0.405. The smallest absolute Gasteiger partial charge is 0.208 e. The summed E-state index contributed by atoms with van der Waals surface area (Å²) < 4.78 is 24.5. The third-order valence-electron chi connectivity index (χ3n) is 5.90. The Hall–Kier alpha value is -0.130. The Labute approximate surface area is 117 Å². The van der Waals surface area contributed by atoms with Gasteiger partial charge in [-0.2, -0.15) is 0 Å². The molecule has 2 aliphatic carbocycles. The highest BCUT2D eigenvalue weighted by Crippen LogP contribution is 2.65. The third-order valence-corrected chi connectivity index (χ3v) is 6.63. The van der Waals surface area contributed by atoms with Gasteiger partial charge in [0, 0.05) is 12.6 Å². The van der Waals surface area contributed by atoms with Crippen LogP contribution in [0.5, 0.6) is 0 Å². The zero-order chi connectivity index (χ0) is 14.3. The van der Waals surface area contributed by atoms with Gasteiger partial charge in [-0.05, 0) is 49.0 Å². The van der Waals surface area contributed by atoms with Gasteiger partial charge in [0.05, 0.1) is 6.26 Å². The standard InChI is InChI=1S/C14H28N2O2S/c1-13(2)11-6-7-14(13,3)12(10-11)15-8-5-9-16-19(4,17)18/h11-12,15-16H,5-10H2,1-4H3. The van der Waals surface area contributed by atoms with E-state index < -0.39 is 10.0 Å². The number of nitrogens with one attached hydrogen (secondary N) is 2. The first kappa shape index (κ1) is 15.3. The van der Waals surface area contributed by atoms with Crippen LogP contribution in [-0.2, 0) is 10.0 Å². The summed E-state index contributed by atoms with van der Waals surface area (Å²) in [4.78, 5) is 0. The molecule has 19 heavy (non-hydrogen) atoms. The Bertz CT molecular complexity index is 433. The van der Waals surface area contributed by atoms with Gasteiger partial charge in [-0.1, -0.05) is 20.8 Å². The van der Waals surface area contributed by atoms with Crippen LogP contribution in [-0.4, -0.2) is 33.8 Å². The molecule has 0 aromatic rings. The molecule has 0 radical (unpaired) electrons. The monoisotopic (exact) mass is 288 g/mol. The summed E-state index contributed by atoms with van der Waals surface area (Å²) in [7, 11) is -3.04. The Morgan fingerprint density at radius 1 is 1.21 bits per heavy atom. The zero-order valence-electron chi connectivity index (χ0n) is 12.6. The van der Waals surface area contributed by atoms with Crippen molar-refractivity contribution in [1.82, 2.24) is 10.0 Å². The largest absolute Gasteiger partial charge is 0.313 e. The molecule has 0 aliphatic heterocycles. The van der Waals surface area contributed by atoms with Crippen molar-refractivity contribution in [1.29, 1.82) is 0 Å². The molecule has 2 rings (SSSR count). The van der Waals surface area contributed by atoms with E-state index in [9.17, 15) is 8.42 Å². The molecular weight excluding hydrogens is 260 g/mol. The number of rotatable bonds is 6. The van der Waals surface area contributed by atoms with Crippen LogP contribution >= 0.6 is 0 Å². The highest BCUT2D eigenvalue weighted by Gasteiger charge is 2.60. The lowest BCUT2D eigenvalue weighted by Crippen LogP contribution is -2.45. The Balaban J connectivity index is 1.77. The van der Waals surface area contributed by atoms with Crippen LogP contribution in [0.3, 0.4) is 0 Å². The van der Waals surface area contributed by atoms with E-state index in [1.54, 1.807) is 0 Å². The second-order valence-electron chi connectivity index (χ2n) is 7.14. The van der Waals surface area contributed by atoms with E-state index in [1.165, 1.54) is 25.5 Å². The highest BCUT2D eigenvalue weighted by atomic mass is 32.2.